The third kappa shape index (κ3) is 4.93. The van der Waals surface area contributed by atoms with E-state index in [0.717, 1.165) is 77.9 Å². The van der Waals surface area contributed by atoms with Gasteiger partial charge in [-0.1, -0.05) is 127 Å². The number of para-hydroxylation sites is 5. The highest BCUT2D eigenvalue weighted by molar-refractivity contribution is 7.25. The predicted octanol–water partition coefficient (Wildman–Crippen LogP) is 15.4. The van der Waals surface area contributed by atoms with Crippen LogP contribution in [0, 0.1) is 0 Å². The van der Waals surface area contributed by atoms with E-state index in [1.54, 1.807) is 0 Å². The predicted molar refractivity (Wildman–Crippen MR) is 252 cm³/mol. The summed E-state index contributed by atoms with van der Waals surface area (Å²) >= 11 is 1.84. The molecule has 0 fully saturated rings. The van der Waals surface area contributed by atoms with Crippen molar-refractivity contribution < 1.29 is 4.42 Å². The Morgan fingerprint density at radius 3 is 1.98 bits per heavy atom. The molecular weight excluding hydrogens is 751 g/mol. The van der Waals surface area contributed by atoms with E-state index in [9.17, 15) is 0 Å². The minimum absolute atomic E-state index is 0.817. The molecule has 0 amide bonds. The van der Waals surface area contributed by atoms with Crippen molar-refractivity contribution in [1.29, 1.82) is 0 Å². The molecule has 4 aromatic heterocycles. The molecule has 0 N–H and O–H groups in total. The fraction of sp³-hybridized carbons (Fsp3) is 0. The summed E-state index contributed by atoms with van der Waals surface area (Å²) in [6.07, 6.45) is 0. The minimum atomic E-state index is 0.817. The lowest BCUT2D eigenvalue weighted by atomic mass is 9.97. The van der Waals surface area contributed by atoms with E-state index in [1.807, 2.05) is 11.3 Å². The molecule has 0 saturated heterocycles. The number of rotatable bonds is 5. The Kier molecular flexibility index (Phi) is 7.14. The van der Waals surface area contributed by atoms with E-state index in [4.69, 9.17) is 9.40 Å². The van der Waals surface area contributed by atoms with Gasteiger partial charge in [-0.3, -0.25) is 4.57 Å². The molecule has 0 aliphatic rings. The Morgan fingerprint density at radius 1 is 0.417 bits per heavy atom. The fourth-order valence-corrected chi connectivity index (χ4v) is 10.5. The molecule has 13 aromatic rings. The molecule has 0 saturated carbocycles. The number of hydrogen-bond donors (Lipinski definition) is 0. The second-order valence-electron chi connectivity index (χ2n) is 15.5. The molecule has 5 heteroatoms. The third-order valence-corrected chi connectivity index (χ3v) is 13.3. The maximum atomic E-state index is 7.25. The summed E-state index contributed by atoms with van der Waals surface area (Å²) in [5.74, 6) is 0.869. The summed E-state index contributed by atoms with van der Waals surface area (Å²) in [7, 11) is 0. The van der Waals surface area contributed by atoms with Crippen molar-refractivity contribution in [3.63, 3.8) is 0 Å². The summed E-state index contributed by atoms with van der Waals surface area (Å²) in [6.45, 7) is 0. The van der Waals surface area contributed by atoms with Gasteiger partial charge in [0.15, 0.2) is 5.58 Å². The highest BCUT2D eigenvalue weighted by Gasteiger charge is 2.24. The number of imidazole rings is 1. The van der Waals surface area contributed by atoms with Gasteiger partial charge >= 0.3 is 0 Å². The van der Waals surface area contributed by atoms with Crippen LogP contribution in [0.4, 0.5) is 0 Å². The van der Waals surface area contributed by atoms with Crippen LogP contribution in [0.3, 0.4) is 0 Å². The van der Waals surface area contributed by atoms with E-state index in [1.165, 1.54) is 42.1 Å². The fourth-order valence-electron chi connectivity index (χ4n) is 9.42. The first-order valence-corrected chi connectivity index (χ1v) is 21.1. The van der Waals surface area contributed by atoms with Crippen LogP contribution in [-0.2, 0) is 0 Å². The van der Waals surface area contributed by atoms with Gasteiger partial charge in [0.05, 0.1) is 27.8 Å². The summed E-state index contributed by atoms with van der Waals surface area (Å²) in [5.41, 5.74) is 13.5. The number of furan rings is 1. The van der Waals surface area contributed by atoms with Crippen LogP contribution < -0.4 is 0 Å². The smallest absolute Gasteiger partial charge is 0.159 e. The van der Waals surface area contributed by atoms with Crippen LogP contribution >= 0.6 is 11.3 Å². The van der Waals surface area contributed by atoms with Crippen molar-refractivity contribution in [1.82, 2.24) is 14.1 Å². The number of benzene rings is 9. The van der Waals surface area contributed by atoms with Crippen molar-refractivity contribution in [3.05, 3.63) is 200 Å². The monoisotopic (exact) mass is 783 g/mol. The second kappa shape index (κ2) is 12.9. The zero-order chi connectivity index (χ0) is 39.3. The molecule has 0 radical (unpaired) electrons. The van der Waals surface area contributed by atoms with Gasteiger partial charge in [-0.15, -0.1) is 11.3 Å². The first-order chi connectivity index (χ1) is 29.7. The molecule has 60 heavy (non-hydrogen) atoms. The van der Waals surface area contributed by atoms with Crippen LogP contribution in [0.5, 0.6) is 0 Å². The molecule has 0 aliphatic carbocycles. The quantitative estimate of drug-likeness (QED) is 0.174. The molecule has 9 aromatic carbocycles. The Labute approximate surface area is 348 Å². The topological polar surface area (TPSA) is 35.9 Å². The van der Waals surface area contributed by atoms with Crippen molar-refractivity contribution in [2.75, 3.05) is 0 Å². The Bertz CT molecular complexity index is 3830. The zero-order valence-electron chi connectivity index (χ0n) is 32.2. The van der Waals surface area contributed by atoms with Crippen LogP contribution in [0.1, 0.15) is 0 Å². The van der Waals surface area contributed by atoms with Gasteiger partial charge < -0.3 is 8.98 Å². The Hall–Kier alpha value is -7.73. The molecule has 4 nitrogen and oxygen atoms in total. The molecule has 4 heterocycles. The van der Waals surface area contributed by atoms with Gasteiger partial charge in [0.25, 0.3) is 0 Å². The molecule has 0 unspecified atom stereocenters. The maximum Gasteiger partial charge on any atom is 0.159 e. The number of thiophene rings is 1. The molecule has 13 rings (SSSR count). The second-order valence-corrected chi connectivity index (χ2v) is 16.6. The standard InChI is InChI=1S/C55H33N3OS/c1-3-14-34(15-4-1)36-26-28-40-39-18-7-10-22-46(39)58(49(40)32-36)48-24-13-20-42-53-44(55-56-45-21-9-11-23-47(45)57(55)38-16-5-2-6-17-38)31-37(33-50(53)59-54(42)48)35-27-29-52-43(30-35)41-19-8-12-25-51(41)60-52/h1-33H. The first-order valence-electron chi connectivity index (χ1n) is 20.3. The maximum absolute atomic E-state index is 7.25. The van der Waals surface area contributed by atoms with Gasteiger partial charge in [0.1, 0.15) is 11.4 Å². The highest BCUT2D eigenvalue weighted by atomic mass is 32.1. The summed E-state index contributed by atoms with van der Waals surface area (Å²) < 4.78 is 14.5. The third-order valence-electron chi connectivity index (χ3n) is 12.1. The average Bonchev–Trinajstić information content (AvgIpc) is 4.08. The molecular formula is C55H33N3OS. The lowest BCUT2D eigenvalue weighted by Gasteiger charge is -2.12. The van der Waals surface area contributed by atoms with Crippen molar-refractivity contribution in [2.45, 2.75) is 0 Å². The van der Waals surface area contributed by atoms with Crippen LogP contribution in [0.2, 0.25) is 0 Å². The van der Waals surface area contributed by atoms with Gasteiger partial charge in [-0.05, 0) is 95.1 Å². The summed E-state index contributed by atoms with van der Waals surface area (Å²) in [5, 5.41) is 7.03. The van der Waals surface area contributed by atoms with E-state index < -0.39 is 0 Å². The van der Waals surface area contributed by atoms with Crippen molar-refractivity contribution in [3.8, 4) is 45.0 Å². The van der Waals surface area contributed by atoms with Crippen LogP contribution in [0.15, 0.2) is 205 Å². The first kappa shape index (κ1) is 33.3. The van der Waals surface area contributed by atoms with Gasteiger partial charge in [-0.25, -0.2) is 4.98 Å². The average molecular weight is 784 g/mol. The molecule has 0 bridgehead atoms. The van der Waals surface area contributed by atoms with Crippen molar-refractivity contribution in [2.24, 2.45) is 0 Å². The lowest BCUT2D eigenvalue weighted by molar-refractivity contribution is 0.666. The van der Waals surface area contributed by atoms with E-state index >= 15 is 0 Å². The number of aromatic nitrogens is 3. The summed E-state index contributed by atoms with van der Waals surface area (Å²) in [4.78, 5) is 5.42. The summed E-state index contributed by atoms with van der Waals surface area (Å²) in [6, 6.07) is 71.8. The largest absolute Gasteiger partial charge is 0.454 e. The van der Waals surface area contributed by atoms with Crippen LogP contribution in [-0.4, -0.2) is 14.1 Å². The van der Waals surface area contributed by atoms with Crippen molar-refractivity contribution >= 4 is 86.3 Å². The normalized spacial score (nSPS) is 12.0. The molecule has 280 valence electrons. The Balaban J connectivity index is 1.13. The van der Waals surface area contributed by atoms with E-state index in [0.29, 0.717) is 0 Å². The minimum Gasteiger partial charge on any atom is -0.454 e. The number of fused-ring (bicyclic) bond motifs is 10. The number of hydrogen-bond acceptors (Lipinski definition) is 3. The van der Waals surface area contributed by atoms with Gasteiger partial charge in [-0.2, -0.15) is 0 Å². The Morgan fingerprint density at radius 2 is 1.10 bits per heavy atom. The van der Waals surface area contributed by atoms with Crippen LogP contribution in [0.25, 0.3) is 120 Å². The van der Waals surface area contributed by atoms with Gasteiger partial charge in [0, 0.05) is 53.0 Å². The molecule has 0 aliphatic heterocycles. The lowest BCUT2D eigenvalue weighted by Crippen LogP contribution is -1.98. The van der Waals surface area contributed by atoms with Gasteiger partial charge in [0.2, 0.25) is 0 Å². The number of nitrogens with zero attached hydrogens (tertiary/aromatic N) is 3. The molecule has 0 spiro atoms. The van der Waals surface area contributed by atoms with E-state index in [-0.39, 0.29) is 0 Å². The highest BCUT2D eigenvalue weighted by Crippen LogP contribution is 2.45. The SMILES string of the molecule is c1ccc(-c2ccc3c4ccccc4n(-c4cccc5c4oc4cc(-c6ccc7sc8ccccc8c7c6)cc(-c6nc7ccccc7n6-c6ccccc6)c45)c3c2)cc1. The van der Waals surface area contributed by atoms with E-state index in [2.05, 4.69) is 209 Å². The zero-order valence-corrected chi connectivity index (χ0v) is 33.0. The molecule has 0 atom stereocenters.